The zero-order valence-corrected chi connectivity index (χ0v) is 14.1. The quantitative estimate of drug-likeness (QED) is 0.653. The third kappa shape index (κ3) is 5.08. The fourth-order valence-electron chi connectivity index (χ4n) is 2.97. The van der Waals surface area contributed by atoms with Crippen LogP contribution in [0.15, 0.2) is 0 Å². The Balaban J connectivity index is 2.29. The van der Waals surface area contributed by atoms with E-state index in [1.807, 2.05) is 0 Å². The van der Waals surface area contributed by atoms with Crippen LogP contribution in [0.4, 0.5) is 0 Å². The number of carbonyl (C=O) groups is 1. The lowest BCUT2D eigenvalue weighted by molar-refractivity contribution is -0.130. The van der Waals surface area contributed by atoms with Crippen molar-refractivity contribution in [1.82, 2.24) is 10.2 Å². The summed E-state index contributed by atoms with van der Waals surface area (Å²) in [6.07, 6.45) is 7.62. The molecule has 0 radical (unpaired) electrons. The molecule has 0 aromatic carbocycles. The van der Waals surface area contributed by atoms with E-state index in [0.717, 1.165) is 25.3 Å². The molecule has 1 rings (SSSR count). The highest BCUT2D eigenvalue weighted by atomic mass is 16.2. The van der Waals surface area contributed by atoms with Crippen LogP contribution in [0.25, 0.3) is 0 Å². The van der Waals surface area contributed by atoms with Crippen molar-refractivity contribution in [2.75, 3.05) is 6.54 Å². The second-order valence-corrected chi connectivity index (χ2v) is 6.94. The van der Waals surface area contributed by atoms with E-state index in [9.17, 15) is 4.79 Å². The standard InChI is InChI=1S/C17H34N2O/c1-6-15-18-16(14(4)5)17(20)19(15)12-10-8-7-9-11-13(2)3/h13-16,18H,6-12H2,1-5H3. The van der Waals surface area contributed by atoms with Gasteiger partial charge in [0, 0.05) is 6.54 Å². The van der Waals surface area contributed by atoms with Crippen molar-refractivity contribution >= 4 is 5.91 Å². The van der Waals surface area contributed by atoms with Gasteiger partial charge in [-0.15, -0.1) is 0 Å². The Morgan fingerprint density at radius 3 is 2.30 bits per heavy atom. The number of hydrogen-bond acceptors (Lipinski definition) is 2. The highest BCUT2D eigenvalue weighted by Gasteiger charge is 2.38. The predicted molar refractivity (Wildman–Crippen MR) is 85.5 cm³/mol. The Morgan fingerprint density at radius 2 is 1.75 bits per heavy atom. The molecule has 0 aromatic rings. The van der Waals surface area contributed by atoms with Gasteiger partial charge in [-0.2, -0.15) is 0 Å². The molecule has 2 atom stereocenters. The highest BCUT2D eigenvalue weighted by Crippen LogP contribution is 2.20. The van der Waals surface area contributed by atoms with E-state index >= 15 is 0 Å². The minimum atomic E-state index is 0.0286. The van der Waals surface area contributed by atoms with Gasteiger partial charge in [-0.1, -0.05) is 60.3 Å². The molecule has 118 valence electrons. The van der Waals surface area contributed by atoms with Gasteiger partial charge in [0.05, 0.1) is 12.2 Å². The van der Waals surface area contributed by atoms with Crippen LogP contribution in [-0.2, 0) is 4.79 Å². The molecule has 1 amide bonds. The summed E-state index contributed by atoms with van der Waals surface area (Å²) in [4.78, 5) is 14.5. The lowest BCUT2D eigenvalue weighted by Crippen LogP contribution is -2.37. The van der Waals surface area contributed by atoms with E-state index in [-0.39, 0.29) is 12.2 Å². The third-order valence-electron chi connectivity index (χ3n) is 4.28. The molecule has 0 aromatic heterocycles. The Labute approximate surface area is 125 Å². The van der Waals surface area contributed by atoms with Gasteiger partial charge in [0.15, 0.2) is 0 Å². The van der Waals surface area contributed by atoms with Crippen LogP contribution in [0.2, 0.25) is 0 Å². The van der Waals surface area contributed by atoms with Crippen LogP contribution in [0.5, 0.6) is 0 Å². The van der Waals surface area contributed by atoms with E-state index in [4.69, 9.17) is 0 Å². The smallest absolute Gasteiger partial charge is 0.241 e. The molecule has 0 aliphatic carbocycles. The molecule has 20 heavy (non-hydrogen) atoms. The molecule has 1 fully saturated rings. The van der Waals surface area contributed by atoms with Crippen LogP contribution in [0.1, 0.15) is 73.1 Å². The minimum Gasteiger partial charge on any atom is -0.326 e. The molecule has 1 heterocycles. The summed E-state index contributed by atoms with van der Waals surface area (Å²) < 4.78 is 0. The Hall–Kier alpha value is -0.570. The van der Waals surface area contributed by atoms with Gasteiger partial charge in [-0.3, -0.25) is 10.1 Å². The normalized spacial score (nSPS) is 23.4. The summed E-state index contributed by atoms with van der Waals surface area (Å²) >= 11 is 0. The molecule has 0 spiro atoms. The molecule has 1 N–H and O–H groups in total. The minimum absolute atomic E-state index is 0.0286. The molecule has 3 nitrogen and oxygen atoms in total. The number of hydrogen-bond donors (Lipinski definition) is 1. The second-order valence-electron chi connectivity index (χ2n) is 6.94. The van der Waals surface area contributed by atoms with Crippen LogP contribution >= 0.6 is 0 Å². The average Bonchev–Trinajstić information content (AvgIpc) is 2.70. The van der Waals surface area contributed by atoms with Crippen LogP contribution in [-0.4, -0.2) is 29.6 Å². The monoisotopic (exact) mass is 282 g/mol. The number of rotatable bonds is 9. The van der Waals surface area contributed by atoms with Gasteiger partial charge in [-0.25, -0.2) is 0 Å². The van der Waals surface area contributed by atoms with Crippen molar-refractivity contribution < 1.29 is 4.79 Å². The number of nitrogens with one attached hydrogen (secondary N) is 1. The number of amides is 1. The zero-order chi connectivity index (χ0) is 15.1. The lowest BCUT2D eigenvalue weighted by Gasteiger charge is -2.23. The maximum absolute atomic E-state index is 12.4. The van der Waals surface area contributed by atoms with E-state index in [0.29, 0.717) is 11.8 Å². The molecule has 1 aliphatic heterocycles. The van der Waals surface area contributed by atoms with Crippen LogP contribution in [0.3, 0.4) is 0 Å². The Morgan fingerprint density at radius 1 is 1.10 bits per heavy atom. The molecule has 1 saturated heterocycles. The van der Waals surface area contributed by atoms with Gasteiger partial charge in [0.2, 0.25) is 5.91 Å². The average molecular weight is 282 g/mol. The summed E-state index contributed by atoms with van der Waals surface area (Å²) in [5, 5.41) is 3.48. The first-order valence-electron chi connectivity index (χ1n) is 8.53. The van der Waals surface area contributed by atoms with Crippen molar-refractivity contribution in [1.29, 1.82) is 0 Å². The van der Waals surface area contributed by atoms with Crippen molar-refractivity contribution in [3.63, 3.8) is 0 Å². The topological polar surface area (TPSA) is 32.3 Å². The zero-order valence-electron chi connectivity index (χ0n) is 14.1. The van der Waals surface area contributed by atoms with Gasteiger partial charge in [0.25, 0.3) is 0 Å². The first kappa shape index (κ1) is 17.5. The highest BCUT2D eigenvalue weighted by molar-refractivity contribution is 5.84. The first-order chi connectivity index (χ1) is 9.47. The summed E-state index contributed by atoms with van der Waals surface area (Å²) in [5.41, 5.74) is 0. The van der Waals surface area contributed by atoms with Crippen LogP contribution in [0, 0.1) is 11.8 Å². The fraction of sp³-hybridized carbons (Fsp3) is 0.941. The Bertz CT molecular complexity index is 289. The molecule has 2 unspecified atom stereocenters. The van der Waals surface area contributed by atoms with Gasteiger partial charge < -0.3 is 4.90 Å². The second kappa shape index (κ2) is 8.66. The van der Waals surface area contributed by atoms with E-state index in [2.05, 4.69) is 44.8 Å². The molecule has 1 aliphatic rings. The molecular formula is C17H34N2O. The van der Waals surface area contributed by atoms with Gasteiger partial charge >= 0.3 is 0 Å². The van der Waals surface area contributed by atoms with Crippen molar-refractivity contribution in [2.45, 2.75) is 85.4 Å². The van der Waals surface area contributed by atoms with E-state index < -0.39 is 0 Å². The number of unbranched alkanes of at least 4 members (excludes halogenated alkanes) is 3. The fourth-order valence-corrected chi connectivity index (χ4v) is 2.97. The summed E-state index contributed by atoms with van der Waals surface area (Å²) in [6, 6.07) is 0.0286. The lowest BCUT2D eigenvalue weighted by atomic mass is 10.0. The number of nitrogens with zero attached hydrogens (tertiary/aromatic N) is 1. The maximum Gasteiger partial charge on any atom is 0.241 e. The first-order valence-corrected chi connectivity index (χ1v) is 8.53. The van der Waals surface area contributed by atoms with Gasteiger partial charge in [0.1, 0.15) is 0 Å². The summed E-state index contributed by atoms with van der Waals surface area (Å²) in [7, 11) is 0. The maximum atomic E-state index is 12.4. The third-order valence-corrected chi connectivity index (χ3v) is 4.28. The molecule has 0 bridgehead atoms. The van der Waals surface area contributed by atoms with Gasteiger partial charge in [-0.05, 0) is 24.7 Å². The molecule has 3 heteroatoms. The van der Waals surface area contributed by atoms with Crippen molar-refractivity contribution in [2.24, 2.45) is 11.8 Å². The molecular weight excluding hydrogens is 248 g/mol. The van der Waals surface area contributed by atoms with Crippen molar-refractivity contribution in [3.8, 4) is 0 Å². The number of carbonyl (C=O) groups excluding carboxylic acids is 1. The predicted octanol–water partition coefficient (Wildman–Crippen LogP) is 3.79. The molecule has 0 saturated carbocycles. The van der Waals surface area contributed by atoms with Crippen molar-refractivity contribution in [3.05, 3.63) is 0 Å². The summed E-state index contributed by atoms with van der Waals surface area (Å²) in [5.74, 6) is 1.51. The Kier molecular flexibility index (Phi) is 7.57. The van der Waals surface area contributed by atoms with E-state index in [1.165, 1.54) is 25.7 Å². The van der Waals surface area contributed by atoms with Crippen LogP contribution < -0.4 is 5.32 Å². The summed E-state index contributed by atoms with van der Waals surface area (Å²) in [6.45, 7) is 11.9. The SMILES string of the molecule is CCC1NC(C(C)C)C(=O)N1CCCCCCC(C)C. The largest absolute Gasteiger partial charge is 0.326 e. The van der Waals surface area contributed by atoms with E-state index in [1.54, 1.807) is 0 Å².